The fourth-order valence-corrected chi connectivity index (χ4v) is 2.87. The van der Waals surface area contributed by atoms with Crippen molar-refractivity contribution in [1.29, 1.82) is 0 Å². The van der Waals surface area contributed by atoms with Crippen LogP contribution in [0.1, 0.15) is 12.5 Å². The predicted octanol–water partition coefficient (Wildman–Crippen LogP) is 4.97. The van der Waals surface area contributed by atoms with Gasteiger partial charge in [0.2, 0.25) is 5.91 Å². The Labute approximate surface area is 148 Å². The minimum atomic E-state index is -0.0143. The molecule has 0 aliphatic carbocycles. The topological polar surface area (TPSA) is 41.1 Å². The SMILES string of the molecule is CCNc1ccccc1-c1ccccc1NC(=O)Cc1ccccc1. The lowest BCUT2D eigenvalue weighted by Crippen LogP contribution is -2.15. The summed E-state index contributed by atoms with van der Waals surface area (Å²) in [6, 6.07) is 25.8. The maximum Gasteiger partial charge on any atom is 0.228 e. The van der Waals surface area contributed by atoms with E-state index in [4.69, 9.17) is 0 Å². The molecule has 0 spiro atoms. The first kappa shape index (κ1) is 16.8. The standard InChI is InChI=1S/C22H22N2O/c1-2-23-20-14-8-6-12-18(20)19-13-7-9-15-21(19)24-22(25)16-17-10-4-3-5-11-17/h3-15,23H,2,16H2,1H3,(H,24,25). The van der Waals surface area contributed by atoms with Crippen molar-refractivity contribution in [3.8, 4) is 11.1 Å². The van der Waals surface area contributed by atoms with E-state index in [1.807, 2.05) is 66.7 Å². The van der Waals surface area contributed by atoms with Crippen LogP contribution in [0.4, 0.5) is 11.4 Å². The molecule has 25 heavy (non-hydrogen) atoms. The Kier molecular flexibility index (Phi) is 5.47. The third-order valence-corrected chi connectivity index (χ3v) is 3.99. The Morgan fingerprint density at radius 2 is 1.32 bits per heavy atom. The first-order chi connectivity index (χ1) is 12.3. The van der Waals surface area contributed by atoms with E-state index in [1.54, 1.807) is 0 Å². The number of hydrogen-bond donors (Lipinski definition) is 2. The number of nitrogens with one attached hydrogen (secondary N) is 2. The molecule has 0 fully saturated rings. The summed E-state index contributed by atoms with van der Waals surface area (Å²) >= 11 is 0. The van der Waals surface area contributed by atoms with Crippen LogP contribution in [0.5, 0.6) is 0 Å². The van der Waals surface area contributed by atoms with Crippen molar-refractivity contribution in [2.75, 3.05) is 17.2 Å². The third kappa shape index (κ3) is 4.27. The lowest BCUT2D eigenvalue weighted by atomic mass is 10.0. The fourth-order valence-electron chi connectivity index (χ4n) is 2.87. The summed E-state index contributed by atoms with van der Waals surface area (Å²) in [6.07, 6.45) is 0.365. The Hall–Kier alpha value is -3.07. The van der Waals surface area contributed by atoms with Gasteiger partial charge in [-0.05, 0) is 24.6 Å². The van der Waals surface area contributed by atoms with Crippen molar-refractivity contribution in [1.82, 2.24) is 0 Å². The highest BCUT2D eigenvalue weighted by Crippen LogP contribution is 2.33. The molecule has 3 aromatic rings. The molecule has 0 unspecified atom stereocenters. The molecule has 3 aromatic carbocycles. The second-order valence-electron chi connectivity index (χ2n) is 5.83. The van der Waals surface area contributed by atoms with E-state index >= 15 is 0 Å². The molecule has 126 valence electrons. The number of carbonyl (C=O) groups excluding carboxylic acids is 1. The van der Waals surface area contributed by atoms with Gasteiger partial charge in [-0.25, -0.2) is 0 Å². The Morgan fingerprint density at radius 1 is 0.760 bits per heavy atom. The predicted molar refractivity (Wildman–Crippen MR) is 105 cm³/mol. The highest BCUT2D eigenvalue weighted by Gasteiger charge is 2.11. The molecule has 0 bridgehead atoms. The molecule has 1 amide bonds. The van der Waals surface area contributed by atoms with Crippen molar-refractivity contribution in [2.45, 2.75) is 13.3 Å². The van der Waals surface area contributed by atoms with Crippen molar-refractivity contribution < 1.29 is 4.79 Å². The number of benzene rings is 3. The van der Waals surface area contributed by atoms with Gasteiger partial charge in [-0.15, -0.1) is 0 Å². The lowest BCUT2D eigenvalue weighted by molar-refractivity contribution is -0.115. The molecule has 0 saturated carbocycles. The number of para-hydroxylation sites is 2. The van der Waals surface area contributed by atoms with Crippen LogP contribution in [-0.4, -0.2) is 12.5 Å². The van der Waals surface area contributed by atoms with E-state index in [2.05, 4.69) is 29.7 Å². The van der Waals surface area contributed by atoms with Crippen molar-refractivity contribution in [3.05, 3.63) is 84.4 Å². The van der Waals surface area contributed by atoms with Crippen LogP contribution in [0, 0.1) is 0 Å². The largest absolute Gasteiger partial charge is 0.385 e. The molecule has 0 aromatic heterocycles. The maximum absolute atomic E-state index is 12.4. The van der Waals surface area contributed by atoms with Gasteiger partial charge in [0.05, 0.1) is 6.42 Å². The third-order valence-electron chi connectivity index (χ3n) is 3.99. The summed E-state index contributed by atoms with van der Waals surface area (Å²) < 4.78 is 0. The monoisotopic (exact) mass is 330 g/mol. The minimum Gasteiger partial charge on any atom is -0.385 e. The van der Waals surface area contributed by atoms with Crippen LogP contribution in [-0.2, 0) is 11.2 Å². The molecule has 0 radical (unpaired) electrons. The zero-order valence-electron chi connectivity index (χ0n) is 14.3. The molecular weight excluding hydrogens is 308 g/mol. The van der Waals surface area contributed by atoms with Crippen molar-refractivity contribution >= 4 is 17.3 Å². The van der Waals surface area contributed by atoms with Gasteiger partial charge >= 0.3 is 0 Å². The van der Waals surface area contributed by atoms with E-state index in [0.29, 0.717) is 6.42 Å². The van der Waals surface area contributed by atoms with Crippen LogP contribution in [0.2, 0.25) is 0 Å². The molecule has 3 rings (SSSR count). The number of carbonyl (C=O) groups is 1. The molecule has 0 aliphatic rings. The zero-order valence-corrected chi connectivity index (χ0v) is 14.3. The summed E-state index contributed by atoms with van der Waals surface area (Å²) in [5, 5.41) is 6.44. The molecule has 0 atom stereocenters. The minimum absolute atomic E-state index is 0.0143. The fraction of sp³-hybridized carbons (Fsp3) is 0.136. The van der Waals surface area contributed by atoms with E-state index in [9.17, 15) is 4.79 Å². The zero-order chi connectivity index (χ0) is 17.5. The quantitative estimate of drug-likeness (QED) is 0.670. The molecule has 3 heteroatoms. The van der Waals surface area contributed by atoms with Crippen LogP contribution < -0.4 is 10.6 Å². The number of anilines is 2. The van der Waals surface area contributed by atoms with Crippen LogP contribution in [0.3, 0.4) is 0 Å². The Balaban J connectivity index is 1.85. The summed E-state index contributed by atoms with van der Waals surface area (Å²) in [6.45, 7) is 2.92. The van der Waals surface area contributed by atoms with Gasteiger partial charge in [-0.1, -0.05) is 66.7 Å². The van der Waals surface area contributed by atoms with Crippen LogP contribution in [0.15, 0.2) is 78.9 Å². The average molecular weight is 330 g/mol. The molecular formula is C22H22N2O. The second kappa shape index (κ2) is 8.15. The summed E-state index contributed by atoms with van der Waals surface area (Å²) in [4.78, 5) is 12.4. The Morgan fingerprint density at radius 3 is 2.00 bits per heavy atom. The first-order valence-electron chi connectivity index (χ1n) is 8.54. The molecule has 2 N–H and O–H groups in total. The van der Waals surface area contributed by atoms with E-state index in [-0.39, 0.29) is 5.91 Å². The summed E-state index contributed by atoms with van der Waals surface area (Å²) in [7, 11) is 0. The van der Waals surface area contributed by atoms with Gasteiger partial charge in [-0.3, -0.25) is 4.79 Å². The van der Waals surface area contributed by atoms with Gasteiger partial charge in [0.1, 0.15) is 0 Å². The second-order valence-corrected chi connectivity index (χ2v) is 5.83. The molecule has 0 heterocycles. The van der Waals surface area contributed by atoms with Gasteiger partial charge in [0.25, 0.3) is 0 Å². The van der Waals surface area contributed by atoms with Crippen molar-refractivity contribution in [3.63, 3.8) is 0 Å². The smallest absolute Gasteiger partial charge is 0.228 e. The average Bonchev–Trinajstić information content (AvgIpc) is 2.64. The van der Waals surface area contributed by atoms with Crippen molar-refractivity contribution in [2.24, 2.45) is 0 Å². The van der Waals surface area contributed by atoms with Gasteiger partial charge in [-0.2, -0.15) is 0 Å². The summed E-state index contributed by atoms with van der Waals surface area (Å²) in [5.74, 6) is -0.0143. The van der Waals surface area contributed by atoms with Gasteiger partial charge < -0.3 is 10.6 Å². The van der Waals surface area contributed by atoms with E-state index in [0.717, 1.165) is 34.6 Å². The van der Waals surface area contributed by atoms with E-state index in [1.165, 1.54) is 0 Å². The number of hydrogen-bond acceptors (Lipinski definition) is 2. The Bertz CT molecular complexity index is 843. The highest BCUT2D eigenvalue weighted by atomic mass is 16.1. The normalized spacial score (nSPS) is 10.3. The summed E-state index contributed by atoms with van der Waals surface area (Å²) in [5.41, 5.74) is 4.99. The van der Waals surface area contributed by atoms with Crippen LogP contribution >= 0.6 is 0 Å². The van der Waals surface area contributed by atoms with Crippen LogP contribution in [0.25, 0.3) is 11.1 Å². The number of rotatable bonds is 6. The maximum atomic E-state index is 12.4. The molecule has 3 nitrogen and oxygen atoms in total. The van der Waals surface area contributed by atoms with Gasteiger partial charge in [0, 0.05) is 29.0 Å². The van der Waals surface area contributed by atoms with E-state index < -0.39 is 0 Å². The molecule has 0 aliphatic heterocycles. The first-order valence-corrected chi connectivity index (χ1v) is 8.54. The lowest BCUT2D eigenvalue weighted by Gasteiger charge is -2.15. The number of amides is 1. The highest BCUT2D eigenvalue weighted by molar-refractivity contribution is 5.98. The van der Waals surface area contributed by atoms with Gasteiger partial charge in [0.15, 0.2) is 0 Å². The molecule has 0 saturated heterocycles.